The van der Waals surface area contributed by atoms with Crippen LogP contribution in [0.3, 0.4) is 0 Å². The van der Waals surface area contributed by atoms with Gasteiger partial charge in [0, 0.05) is 6.42 Å². The number of hydrogen-bond acceptors (Lipinski definition) is 6. The Morgan fingerprint density at radius 1 is 1.11 bits per heavy atom. The summed E-state index contributed by atoms with van der Waals surface area (Å²) in [4.78, 5) is 22.4. The maximum absolute atomic E-state index is 11.2. The van der Waals surface area contributed by atoms with Crippen molar-refractivity contribution in [3.8, 4) is 0 Å². The summed E-state index contributed by atoms with van der Waals surface area (Å²) in [6.45, 7) is 2.02. The van der Waals surface area contributed by atoms with Crippen molar-refractivity contribution in [2.24, 2.45) is 0 Å². The second-order valence-corrected chi connectivity index (χ2v) is 4.40. The third-order valence-corrected chi connectivity index (χ3v) is 3.00. The molecular weight excluding hydrogens is 252 g/mol. The zero-order valence-corrected chi connectivity index (χ0v) is 11.5. The highest BCUT2D eigenvalue weighted by molar-refractivity contribution is 5.61. The van der Waals surface area contributed by atoms with Gasteiger partial charge in [-0.3, -0.25) is 0 Å². The van der Waals surface area contributed by atoms with Crippen LogP contribution in [0.1, 0.15) is 32.6 Å². The molecule has 19 heavy (non-hydrogen) atoms. The standard InChI is InChI=1S/C13H20O6/c1-9-5-4-6-10(18-12(14)16-2)11(8-7-9)19-13(15)17-3/h7,10-11H,4-6,8H2,1-3H3. The predicted octanol–water partition coefficient (Wildman–Crippen LogP) is 2.81. The number of rotatable bonds is 2. The molecule has 0 radical (unpaired) electrons. The van der Waals surface area contributed by atoms with Gasteiger partial charge in [-0.2, -0.15) is 0 Å². The van der Waals surface area contributed by atoms with E-state index in [1.54, 1.807) is 0 Å². The SMILES string of the molecule is COC(=O)OC1CC=C(C)CCCC1OC(=O)OC. The second kappa shape index (κ2) is 7.66. The van der Waals surface area contributed by atoms with E-state index in [1.165, 1.54) is 19.8 Å². The van der Waals surface area contributed by atoms with Gasteiger partial charge in [-0.25, -0.2) is 9.59 Å². The third-order valence-electron chi connectivity index (χ3n) is 3.00. The lowest BCUT2D eigenvalue weighted by Crippen LogP contribution is -2.35. The van der Waals surface area contributed by atoms with Crippen molar-refractivity contribution in [3.05, 3.63) is 11.6 Å². The summed E-state index contributed by atoms with van der Waals surface area (Å²) in [7, 11) is 2.48. The van der Waals surface area contributed by atoms with Gasteiger partial charge in [0.1, 0.15) is 12.2 Å². The first-order valence-electron chi connectivity index (χ1n) is 6.21. The first-order valence-corrected chi connectivity index (χ1v) is 6.21. The van der Waals surface area contributed by atoms with Crippen LogP contribution in [0, 0.1) is 0 Å². The molecule has 0 saturated carbocycles. The summed E-state index contributed by atoms with van der Waals surface area (Å²) >= 11 is 0. The highest BCUT2D eigenvalue weighted by Crippen LogP contribution is 2.23. The van der Waals surface area contributed by atoms with E-state index in [9.17, 15) is 9.59 Å². The quantitative estimate of drug-likeness (QED) is 0.568. The molecule has 2 atom stereocenters. The van der Waals surface area contributed by atoms with Gasteiger partial charge in [0.05, 0.1) is 14.2 Å². The zero-order chi connectivity index (χ0) is 14.3. The van der Waals surface area contributed by atoms with Crippen LogP contribution in [0.15, 0.2) is 11.6 Å². The molecule has 0 aromatic heterocycles. The number of allylic oxidation sites excluding steroid dienone is 1. The van der Waals surface area contributed by atoms with Crippen LogP contribution in [-0.2, 0) is 18.9 Å². The minimum atomic E-state index is -0.782. The van der Waals surface area contributed by atoms with E-state index in [0.717, 1.165) is 12.8 Å². The lowest BCUT2D eigenvalue weighted by Gasteiger charge is -2.26. The maximum atomic E-state index is 11.2. The molecule has 0 fully saturated rings. The Labute approximate surface area is 112 Å². The molecule has 0 bridgehead atoms. The van der Waals surface area contributed by atoms with Crippen LogP contribution in [0.25, 0.3) is 0 Å². The summed E-state index contributed by atoms with van der Waals surface area (Å²) in [5, 5.41) is 0. The van der Waals surface area contributed by atoms with Crippen molar-refractivity contribution in [2.45, 2.75) is 44.8 Å². The van der Waals surface area contributed by atoms with E-state index < -0.39 is 24.5 Å². The maximum Gasteiger partial charge on any atom is 0.508 e. The van der Waals surface area contributed by atoms with Gasteiger partial charge >= 0.3 is 12.3 Å². The number of carbonyl (C=O) groups excluding carboxylic acids is 2. The van der Waals surface area contributed by atoms with E-state index in [4.69, 9.17) is 9.47 Å². The summed E-state index contributed by atoms with van der Waals surface area (Å²) in [5.74, 6) is 0. The molecule has 0 N–H and O–H groups in total. The van der Waals surface area contributed by atoms with Crippen molar-refractivity contribution in [1.82, 2.24) is 0 Å². The van der Waals surface area contributed by atoms with Crippen LogP contribution in [-0.4, -0.2) is 38.7 Å². The molecule has 108 valence electrons. The minimum absolute atomic E-state index is 0.489. The fraction of sp³-hybridized carbons (Fsp3) is 0.692. The molecule has 0 spiro atoms. The Hall–Kier alpha value is -1.72. The summed E-state index contributed by atoms with van der Waals surface area (Å²) in [5.41, 5.74) is 1.23. The van der Waals surface area contributed by atoms with E-state index in [0.29, 0.717) is 12.8 Å². The largest absolute Gasteiger partial charge is 0.508 e. The van der Waals surface area contributed by atoms with Gasteiger partial charge in [-0.15, -0.1) is 0 Å². The van der Waals surface area contributed by atoms with Gasteiger partial charge in [-0.05, 0) is 26.2 Å². The monoisotopic (exact) mass is 272 g/mol. The van der Waals surface area contributed by atoms with E-state index >= 15 is 0 Å². The predicted molar refractivity (Wildman–Crippen MR) is 66.8 cm³/mol. The molecule has 0 aromatic carbocycles. The molecular formula is C13H20O6. The molecule has 6 heteroatoms. The molecule has 1 aliphatic carbocycles. The molecule has 0 amide bonds. The van der Waals surface area contributed by atoms with Gasteiger partial charge in [0.2, 0.25) is 0 Å². The van der Waals surface area contributed by atoms with Crippen LogP contribution < -0.4 is 0 Å². The molecule has 6 nitrogen and oxygen atoms in total. The summed E-state index contributed by atoms with van der Waals surface area (Å²) < 4.78 is 19.2. The number of hydrogen-bond donors (Lipinski definition) is 0. The van der Waals surface area contributed by atoms with Crippen LogP contribution >= 0.6 is 0 Å². The Balaban J connectivity index is 2.75. The molecule has 1 rings (SSSR count). The molecule has 1 aliphatic rings. The molecule has 2 unspecified atom stereocenters. The molecule has 0 saturated heterocycles. The van der Waals surface area contributed by atoms with Crippen LogP contribution in [0.2, 0.25) is 0 Å². The fourth-order valence-electron chi connectivity index (χ4n) is 1.94. The number of ether oxygens (including phenoxy) is 4. The summed E-state index contributed by atoms with van der Waals surface area (Å²) in [6, 6.07) is 0. The van der Waals surface area contributed by atoms with Crippen molar-refractivity contribution < 1.29 is 28.5 Å². The van der Waals surface area contributed by atoms with E-state index in [2.05, 4.69) is 9.47 Å². The molecule has 0 aliphatic heterocycles. The Morgan fingerprint density at radius 2 is 1.68 bits per heavy atom. The topological polar surface area (TPSA) is 71.1 Å². The van der Waals surface area contributed by atoms with Crippen molar-refractivity contribution in [1.29, 1.82) is 0 Å². The van der Waals surface area contributed by atoms with Crippen molar-refractivity contribution >= 4 is 12.3 Å². The first-order chi connectivity index (χ1) is 9.06. The van der Waals surface area contributed by atoms with Crippen molar-refractivity contribution in [3.63, 3.8) is 0 Å². The second-order valence-electron chi connectivity index (χ2n) is 4.40. The molecule has 0 aromatic rings. The lowest BCUT2D eigenvalue weighted by molar-refractivity contribution is -0.0511. The lowest BCUT2D eigenvalue weighted by atomic mass is 9.96. The van der Waals surface area contributed by atoms with Gasteiger partial charge < -0.3 is 18.9 Å². The Bertz CT molecular complexity index is 349. The number of carbonyl (C=O) groups is 2. The van der Waals surface area contributed by atoms with E-state index in [-0.39, 0.29) is 0 Å². The fourth-order valence-corrected chi connectivity index (χ4v) is 1.94. The molecule has 0 heterocycles. The van der Waals surface area contributed by atoms with Gasteiger partial charge in [0.15, 0.2) is 0 Å². The van der Waals surface area contributed by atoms with Crippen LogP contribution in [0.5, 0.6) is 0 Å². The highest BCUT2D eigenvalue weighted by atomic mass is 16.7. The Kier molecular flexibility index (Phi) is 6.18. The average Bonchev–Trinajstić information content (AvgIpc) is 2.40. The van der Waals surface area contributed by atoms with Gasteiger partial charge in [0.25, 0.3) is 0 Å². The third kappa shape index (κ3) is 5.19. The van der Waals surface area contributed by atoms with Crippen LogP contribution in [0.4, 0.5) is 9.59 Å². The average molecular weight is 272 g/mol. The normalized spacial score (nSPS) is 23.4. The van der Waals surface area contributed by atoms with E-state index in [1.807, 2.05) is 13.0 Å². The number of methoxy groups -OCH3 is 2. The smallest absolute Gasteiger partial charge is 0.438 e. The minimum Gasteiger partial charge on any atom is -0.438 e. The highest BCUT2D eigenvalue weighted by Gasteiger charge is 2.29. The Morgan fingerprint density at radius 3 is 2.26 bits per heavy atom. The van der Waals surface area contributed by atoms with Gasteiger partial charge in [-0.1, -0.05) is 11.6 Å². The van der Waals surface area contributed by atoms with Crippen molar-refractivity contribution in [2.75, 3.05) is 14.2 Å². The summed E-state index contributed by atoms with van der Waals surface area (Å²) in [6.07, 6.45) is 2.25. The first kappa shape index (κ1) is 15.3. The zero-order valence-electron chi connectivity index (χ0n) is 11.5.